The van der Waals surface area contributed by atoms with Crippen molar-refractivity contribution in [3.05, 3.63) is 47.5 Å². The van der Waals surface area contributed by atoms with E-state index in [1.807, 2.05) is 19.0 Å². The molecule has 0 radical (unpaired) electrons. The zero-order valence-electron chi connectivity index (χ0n) is 16.1. The molecular weight excluding hydrogens is 362 g/mol. The number of hydrogen-bond donors (Lipinski definition) is 2. The summed E-state index contributed by atoms with van der Waals surface area (Å²) in [7, 11) is 5.28. The van der Waals surface area contributed by atoms with Gasteiger partial charge in [-0.15, -0.1) is 0 Å². The standard InChI is InChI=1S/C20H23N3O5/c1-23(2)16-6-5-14(11-15(16)20(25)21-8-9-26-3)22-19(24)13-4-7-17-18(10-13)28-12-27-17/h4-7,10-11H,8-9,12H2,1-3H3,(H,21,25)(H,22,24). The SMILES string of the molecule is COCCNC(=O)c1cc(NC(=O)c2ccc3c(c2)OCO3)ccc1N(C)C. The summed E-state index contributed by atoms with van der Waals surface area (Å²) >= 11 is 0. The Hall–Kier alpha value is -3.26. The molecule has 8 heteroatoms. The van der Waals surface area contributed by atoms with Crippen molar-refractivity contribution in [3.63, 3.8) is 0 Å². The molecule has 148 valence electrons. The maximum absolute atomic E-state index is 12.6. The first kappa shape index (κ1) is 19.5. The number of fused-ring (bicyclic) bond motifs is 1. The van der Waals surface area contributed by atoms with E-state index in [0.29, 0.717) is 41.5 Å². The third-order valence-electron chi connectivity index (χ3n) is 4.21. The van der Waals surface area contributed by atoms with Gasteiger partial charge in [0.25, 0.3) is 11.8 Å². The van der Waals surface area contributed by atoms with E-state index in [-0.39, 0.29) is 18.6 Å². The minimum absolute atomic E-state index is 0.147. The molecule has 1 heterocycles. The summed E-state index contributed by atoms with van der Waals surface area (Å²) in [6, 6.07) is 10.2. The zero-order chi connectivity index (χ0) is 20.1. The minimum Gasteiger partial charge on any atom is -0.454 e. The summed E-state index contributed by atoms with van der Waals surface area (Å²) in [5.41, 5.74) is 2.16. The molecule has 0 saturated carbocycles. The van der Waals surface area contributed by atoms with Gasteiger partial charge in [-0.1, -0.05) is 0 Å². The predicted molar refractivity (Wildman–Crippen MR) is 105 cm³/mol. The van der Waals surface area contributed by atoms with Gasteiger partial charge in [0.1, 0.15) is 0 Å². The van der Waals surface area contributed by atoms with Crippen LogP contribution in [0, 0.1) is 0 Å². The number of carbonyl (C=O) groups excluding carboxylic acids is 2. The number of rotatable bonds is 7. The molecule has 0 fully saturated rings. The Morgan fingerprint density at radius 1 is 1.07 bits per heavy atom. The molecule has 0 saturated heterocycles. The zero-order valence-corrected chi connectivity index (χ0v) is 16.1. The van der Waals surface area contributed by atoms with Crippen molar-refractivity contribution in [2.75, 3.05) is 51.4 Å². The number of methoxy groups -OCH3 is 1. The average Bonchev–Trinajstić information content (AvgIpc) is 3.15. The molecule has 0 bridgehead atoms. The second-order valence-corrected chi connectivity index (χ2v) is 6.40. The number of benzene rings is 2. The molecule has 3 rings (SSSR count). The first-order chi connectivity index (χ1) is 13.5. The fourth-order valence-corrected chi connectivity index (χ4v) is 2.79. The normalized spacial score (nSPS) is 11.8. The lowest BCUT2D eigenvalue weighted by Crippen LogP contribution is -2.28. The third-order valence-corrected chi connectivity index (χ3v) is 4.21. The smallest absolute Gasteiger partial charge is 0.255 e. The van der Waals surface area contributed by atoms with Crippen LogP contribution in [-0.2, 0) is 4.74 Å². The fraction of sp³-hybridized carbons (Fsp3) is 0.300. The molecule has 0 atom stereocenters. The van der Waals surface area contributed by atoms with E-state index < -0.39 is 0 Å². The summed E-state index contributed by atoms with van der Waals surface area (Å²) in [6.07, 6.45) is 0. The van der Waals surface area contributed by atoms with Crippen LogP contribution in [0.25, 0.3) is 0 Å². The largest absolute Gasteiger partial charge is 0.454 e. The molecule has 8 nitrogen and oxygen atoms in total. The summed E-state index contributed by atoms with van der Waals surface area (Å²) in [5, 5.41) is 5.62. The lowest BCUT2D eigenvalue weighted by Gasteiger charge is -2.18. The lowest BCUT2D eigenvalue weighted by atomic mass is 10.1. The average molecular weight is 385 g/mol. The van der Waals surface area contributed by atoms with Crippen molar-refractivity contribution in [3.8, 4) is 11.5 Å². The number of hydrogen-bond acceptors (Lipinski definition) is 6. The van der Waals surface area contributed by atoms with Crippen molar-refractivity contribution in [2.45, 2.75) is 0 Å². The highest BCUT2D eigenvalue weighted by atomic mass is 16.7. The maximum Gasteiger partial charge on any atom is 0.255 e. The van der Waals surface area contributed by atoms with Crippen LogP contribution in [0.2, 0.25) is 0 Å². The van der Waals surface area contributed by atoms with Gasteiger partial charge in [-0.3, -0.25) is 9.59 Å². The molecule has 0 aliphatic carbocycles. The second-order valence-electron chi connectivity index (χ2n) is 6.40. The van der Waals surface area contributed by atoms with Gasteiger partial charge in [0.15, 0.2) is 11.5 Å². The van der Waals surface area contributed by atoms with Crippen LogP contribution < -0.4 is 25.0 Å². The number of carbonyl (C=O) groups is 2. The van der Waals surface area contributed by atoms with Crippen molar-refractivity contribution in [2.24, 2.45) is 0 Å². The Morgan fingerprint density at radius 3 is 2.61 bits per heavy atom. The van der Waals surface area contributed by atoms with Gasteiger partial charge in [0.05, 0.1) is 12.2 Å². The van der Waals surface area contributed by atoms with E-state index in [9.17, 15) is 9.59 Å². The van der Waals surface area contributed by atoms with Crippen molar-refractivity contribution in [1.29, 1.82) is 0 Å². The maximum atomic E-state index is 12.6. The molecule has 0 unspecified atom stereocenters. The van der Waals surface area contributed by atoms with Gasteiger partial charge >= 0.3 is 0 Å². The van der Waals surface area contributed by atoms with E-state index in [1.165, 1.54) is 0 Å². The van der Waals surface area contributed by atoms with Crippen LogP contribution in [-0.4, -0.2) is 53.0 Å². The van der Waals surface area contributed by atoms with Crippen LogP contribution in [0.15, 0.2) is 36.4 Å². The predicted octanol–water partition coefficient (Wildman–Crippen LogP) is 2.11. The Kier molecular flexibility index (Phi) is 6.00. The summed E-state index contributed by atoms with van der Waals surface area (Å²) in [4.78, 5) is 27.0. The molecule has 0 spiro atoms. The lowest BCUT2D eigenvalue weighted by molar-refractivity contribution is 0.0936. The fourth-order valence-electron chi connectivity index (χ4n) is 2.79. The van der Waals surface area contributed by atoms with Crippen molar-refractivity contribution in [1.82, 2.24) is 5.32 Å². The number of nitrogens with zero attached hydrogens (tertiary/aromatic N) is 1. The molecular formula is C20H23N3O5. The Morgan fingerprint density at radius 2 is 1.86 bits per heavy atom. The molecule has 1 aliphatic heterocycles. The third kappa shape index (κ3) is 4.34. The molecule has 1 aliphatic rings. The highest BCUT2D eigenvalue weighted by Crippen LogP contribution is 2.32. The van der Waals surface area contributed by atoms with Gasteiger partial charge in [0, 0.05) is 44.7 Å². The van der Waals surface area contributed by atoms with E-state index >= 15 is 0 Å². The first-order valence-electron chi connectivity index (χ1n) is 8.79. The van der Waals surface area contributed by atoms with Crippen LogP contribution >= 0.6 is 0 Å². The van der Waals surface area contributed by atoms with Crippen LogP contribution in [0.5, 0.6) is 11.5 Å². The van der Waals surface area contributed by atoms with E-state index in [1.54, 1.807) is 43.5 Å². The van der Waals surface area contributed by atoms with Crippen LogP contribution in [0.3, 0.4) is 0 Å². The Bertz CT molecular complexity index is 882. The van der Waals surface area contributed by atoms with Gasteiger partial charge in [-0.05, 0) is 36.4 Å². The molecule has 2 aromatic rings. The molecule has 28 heavy (non-hydrogen) atoms. The van der Waals surface area contributed by atoms with E-state index in [4.69, 9.17) is 14.2 Å². The Labute approximate surface area is 163 Å². The van der Waals surface area contributed by atoms with Crippen LogP contribution in [0.1, 0.15) is 20.7 Å². The first-order valence-corrected chi connectivity index (χ1v) is 8.79. The van der Waals surface area contributed by atoms with Gasteiger partial charge in [-0.2, -0.15) is 0 Å². The van der Waals surface area contributed by atoms with Gasteiger partial charge in [-0.25, -0.2) is 0 Å². The van der Waals surface area contributed by atoms with Crippen LogP contribution in [0.4, 0.5) is 11.4 Å². The highest BCUT2D eigenvalue weighted by molar-refractivity contribution is 6.06. The molecule has 2 N–H and O–H groups in total. The Balaban J connectivity index is 1.79. The summed E-state index contributed by atoms with van der Waals surface area (Å²) < 4.78 is 15.5. The summed E-state index contributed by atoms with van der Waals surface area (Å²) in [5.74, 6) is 0.609. The van der Waals surface area contributed by atoms with E-state index in [0.717, 1.165) is 5.69 Å². The monoisotopic (exact) mass is 385 g/mol. The number of anilines is 2. The van der Waals surface area contributed by atoms with E-state index in [2.05, 4.69) is 10.6 Å². The van der Waals surface area contributed by atoms with Crippen molar-refractivity contribution >= 4 is 23.2 Å². The molecule has 2 aromatic carbocycles. The summed E-state index contributed by atoms with van der Waals surface area (Å²) in [6.45, 7) is 0.966. The minimum atomic E-state index is -0.304. The number of ether oxygens (including phenoxy) is 3. The number of amides is 2. The van der Waals surface area contributed by atoms with Gasteiger partial charge in [0.2, 0.25) is 6.79 Å². The topological polar surface area (TPSA) is 89.1 Å². The second kappa shape index (κ2) is 8.62. The number of nitrogens with one attached hydrogen (secondary N) is 2. The van der Waals surface area contributed by atoms with Gasteiger partial charge < -0.3 is 29.7 Å². The molecule has 0 aromatic heterocycles. The van der Waals surface area contributed by atoms with Crippen molar-refractivity contribution < 1.29 is 23.8 Å². The molecule has 2 amide bonds. The quantitative estimate of drug-likeness (QED) is 0.710. The highest BCUT2D eigenvalue weighted by Gasteiger charge is 2.18.